The molecular weight excluding hydrogens is 260 g/mol. The van der Waals surface area contributed by atoms with Gasteiger partial charge in [0.05, 0.1) is 0 Å². The van der Waals surface area contributed by atoms with Gasteiger partial charge in [0.2, 0.25) is 0 Å². The Morgan fingerprint density at radius 2 is 2.19 bits per heavy atom. The lowest BCUT2D eigenvalue weighted by molar-refractivity contribution is 0.0529. The first-order valence-corrected chi connectivity index (χ1v) is 8.45. The summed E-state index contributed by atoms with van der Waals surface area (Å²) in [4.78, 5) is 7.19. The first-order valence-electron chi connectivity index (χ1n) is 8.45. The van der Waals surface area contributed by atoms with E-state index in [1.54, 1.807) is 0 Å². The van der Waals surface area contributed by atoms with Crippen molar-refractivity contribution in [2.45, 2.75) is 51.6 Å². The predicted molar refractivity (Wildman–Crippen MR) is 86.2 cm³/mol. The van der Waals surface area contributed by atoms with Crippen LogP contribution in [-0.2, 0) is 13.5 Å². The van der Waals surface area contributed by atoms with Crippen LogP contribution in [0.25, 0.3) is 0 Å². The van der Waals surface area contributed by atoms with Crippen LogP contribution in [0, 0.1) is 11.8 Å². The van der Waals surface area contributed by atoms with E-state index < -0.39 is 0 Å². The van der Waals surface area contributed by atoms with Gasteiger partial charge in [-0.25, -0.2) is 4.98 Å². The van der Waals surface area contributed by atoms with Crippen molar-refractivity contribution in [3.05, 3.63) is 18.2 Å². The number of hydrogen-bond donors (Lipinski definition) is 1. The first-order chi connectivity index (χ1) is 9.99. The summed E-state index contributed by atoms with van der Waals surface area (Å²) in [5.74, 6) is 2.79. The Morgan fingerprint density at radius 1 is 1.43 bits per heavy atom. The molecule has 21 heavy (non-hydrogen) atoms. The molecule has 1 saturated carbocycles. The zero-order valence-corrected chi connectivity index (χ0v) is 14.0. The molecule has 118 valence electrons. The summed E-state index contributed by atoms with van der Waals surface area (Å²) in [5, 5.41) is 3.86. The standard InChI is InChI=1S/C17H30N4/c1-13(2)15-11-19-17(3,14-5-6-14)12-21(15)9-7-16-18-8-10-20(16)4/h8,10,13-15,19H,5-7,9,11-12H2,1-4H3. The molecule has 4 heteroatoms. The average Bonchev–Trinajstić information content (AvgIpc) is 3.21. The molecule has 1 N–H and O–H groups in total. The van der Waals surface area contributed by atoms with Gasteiger partial charge in [0.15, 0.2) is 0 Å². The zero-order valence-electron chi connectivity index (χ0n) is 14.0. The van der Waals surface area contributed by atoms with Gasteiger partial charge < -0.3 is 9.88 Å². The fraction of sp³-hybridized carbons (Fsp3) is 0.824. The Morgan fingerprint density at radius 3 is 2.76 bits per heavy atom. The highest BCUT2D eigenvalue weighted by Crippen LogP contribution is 2.41. The quantitative estimate of drug-likeness (QED) is 0.901. The number of nitrogens with zero attached hydrogens (tertiary/aromatic N) is 3. The number of aromatic nitrogens is 2. The Labute approximate surface area is 128 Å². The number of hydrogen-bond acceptors (Lipinski definition) is 3. The highest BCUT2D eigenvalue weighted by atomic mass is 15.3. The third kappa shape index (κ3) is 3.16. The normalized spacial score (nSPS) is 31.0. The van der Waals surface area contributed by atoms with E-state index in [0.29, 0.717) is 17.5 Å². The monoisotopic (exact) mass is 290 g/mol. The molecule has 1 aromatic heterocycles. The summed E-state index contributed by atoms with van der Waals surface area (Å²) >= 11 is 0. The van der Waals surface area contributed by atoms with E-state index in [1.807, 2.05) is 12.4 Å². The molecule has 2 unspecified atom stereocenters. The summed E-state index contributed by atoms with van der Waals surface area (Å²) in [7, 11) is 2.09. The van der Waals surface area contributed by atoms with E-state index in [0.717, 1.165) is 25.4 Å². The third-order valence-electron chi connectivity index (χ3n) is 5.51. The molecule has 2 atom stereocenters. The number of imidazole rings is 1. The van der Waals surface area contributed by atoms with Crippen LogP contribution in [0.3, 0.4) is 0 Å². The molecule has 2 heterocycles. The molecular formula is C17H30N4. The van der Waals surface area contributed by atoms with E-state index in [9.17, 15) is 0 Å². The zero-order chi connectivity index (χ0) is 15.0. The number of nitrogens with one attached hydrogen (secondary N) is 1. The second-order valence-electron chi connectivity index (χ2n) is 7.56. The molecule has 0 spiro atoms. The van der Waals surface area contributed by atoms with Crippen molar-refractivity contribution in [3.63, 3.8) is 0 Å². The molecule has 3 rings (SSSR count). The van der Waals surface area contributed by atoms with Crippen LogP contribution in [-0.4, -0.2) is 45.7 Å². The Kier molecular flexibility index (Phi) is 4.10. The molecule has 2 fully saturated rings. The van der Waals surface area contributed by atoms with Gasteiger partial charge in [-0.1, -0.05) is 13.8 Å². The SMILES string of the molecule is CC(C)C1CNC(C)(C2CC2)CN1CCc1nccn1C. The van der Waals surface area contributed by atoms with Crippen LogP contribution < -0.4 is 5.32 Å². The molecule has 0 amide bonds. The smallest absolute Gasteiger partial charge is 0.109 e. The summed E-state index contributed by atoms with van der Waals surface area (Å²) in [5.41, 5.74) is 0.326. The second-order valence-corrected chi connectivity index (χ2v) is 7.56. The van der Waals surface area contributed by atoms with Crippen LogP contribution in [0.2, 0.25) is 0 Å². The van der Waals surface area contributed by atoms with Gasteiger partial charge in [-0.05, 0) is 31.6 Å². The van der Waals surface area contributed by atoms with Gasteiger partial charge in [-0.2, -0.15) is 0 Å². The van der Waals surface area contributed by atoms with Crippen LogP contribution in [0.4, 0.5) is 0 Å². The maximum Gasteiger partial charge on any atom is 0.109 e. The summed E-state index contributed by atoms with van der Waals surface area (Å²) < 4.78 is 2.15. The highest BCUT2D eigenvalue weighted by Gasteiger charge is 2.46. The minimum atomic E-state index is 0.326. The van der Waals surface area contributed by atoms with Crippen molar-refractivity contribution in [1.29, 1.82) is 0 Å². The van der Waals surface area contributed by atoms with Crippen molar-refractivity contribution in [2.24, 2.45) is 18.9 Å². The maximum atomic E-state index is 4.47. The van der Waals surface area contributed by atoms with Gasteiger partial charge in [-0.15, -0.1) is 0 Å². The molecule has 0 bridgehead atoms. The lowest BCUT2D eigenvalue weighted by Gasteiger charge is -2.48. The van der Waals surface area contributed by atoms with Gasteiger partial charge in [0, 0.05) is 57.1 Å². The van der Waals surface area contributed by atoms with E-state index >= 15 is 0 Å². The van der Waals surface area contributed by atoms with E-state index in [2.05, 4.69) is 47.6 Å². The van der Waals surface area contributed by atoms with E-state index in [-0.39, 0.29) is 0 Å². The van der Waals surface area contributed by atoms with Gasteiger partial charge in [0.1, 0.15) is 5.82 Å². The summed E-state index contributed by atoms with van der Waals surface area (Å²) in [6.07, 6.45) is 7.81. The fourth-order valence-corrected chi connectivity index (χ4v) is 3.84. The fourth-order valence-electron chi connectivity index (χ4n) is 3.84. The van der Waals surface area contributed by atoms with Gasteiger partial charge in [0.25, 0.3) is 0 Å². The first kappa shape index (κ1) is 15.0. The van der Waals surface area contributed by atoms with Crippen LogP contribution in [0.1, 0.15) is 39.4 Å². The highest BCUT2D eigenvalue weighted by molar-refractivity contribution is 5.05. The topological polar surface area (TPSA) is 33.1 Å². The third-order valence-corrected chi connectivity index (χ3v) is 5.51. The predicted octanol–water partition coefficient (Wildman–Crippen LogP) is 2.06. The van der Waals surface area contributed by atoms with Crippen LogP contribution in [0.15, 0.2) is 12.4 Å². The molecule has 1 saturated heterocycles. The van der Waals surface area contributed by atoms with Crippen molar-refractivity contribution in [2.75, 3.05) is 19.6 Å². The maximum absolute atomic E-state index is 4.47. The molecule has 0 radical (unpaired) electrons. The Hall–Kier alpha value is -0.870. The van der Waals surface area contributed by atoms with E-state index in [1.165, 1.54) is 25.2 Å². The summed E-state index contributed by atoms with van der Waals surface area (Å²) in [6.45, 7) is 10.6. The lowest BCUT2D eigenvalue weighted by Crippen LogP contribution is -2.65. The number of rotatable bonds is 5. The minimum Gasteiger partial charge on any atom is -0.338 e. The molecule has 2 aliphatic rings. The largest absolute Gasteiger partial charge is 0.338 e. The van der Waals surface area contributed by atoms with Crippen molar-refractivity contribution < 1.29 is 0 Å². The number of aryl methyl sites for hydroxylation is 1. The van der Waals surface area contributed by atoms with Crippen LogP contribution >= 0.6 is 0 Å². The van der Waals surface area contributed by atoms with Crippen molar-refractivity contribution in [1.82, 2.24) is 19.8 Å². The molecule has 4 nitrogen and oxygen atoms in total. The van der Waals surface area contributed by atoms with Crippen LogP contribution in [0.5, 0.6) is 0 Å². The minimum absolute atomic E-state index is 0.326. The van der Waals surface area contributed by atoms with Gasteiger partial charge in [-0.3, -0.25) is 4.90 Å². The molecule has 0 aromatic carbocycles. The molecule has 1 aliphatic heterocycles. The van der Waals surface area contributed by atoms with Gasteiger partial charge >= 0.3 is 0 Å². The van der Waals surface area contributed by atoms with Crippen molar-refractivity contribution >= 4 is 0 Å². The summed E-state index contributed by atoms with van der Waals surface area (Å²) in [6, 6.07) is 0.650. The average molecular weight is 290 g/mol. The second kappa shape index (κ2) is 5.73. The van der Waals surface area contributed by atoms with E-state index in [4.69, 9.17) is 0 Å². The Bertz CT molecular complexity index is 477. The Balaban J connectivity index is 1.67. The molecule has 1 aromatic rings. The lowest BCUT2D eigenvalue weighted by atomic mass is 9.88. The van der Waals surface area contributed by atoms with Crippen molar-refractivity contribution in [3.8, 4) is 0 Å². The molecule has 1 aliphatic carbocycles. The number of piperazine rings is 1.